The van der Waals surface area contributed by atoms with Crippen molar-refractivity contribution < 1.29 is 9.21 Å². The van der Waals surface area contributed by atoms with Gasteiger partial charge in [-0.1, -0.05) is 23.4 Å². The number of benzene rings is 1. The first-order valence-electron chi connectivity index (χ1n) is 7.18. The summed E-state index contributed by atoms with van der Waals surface area (Å²) < 4.78 is 5.67. The van der Waals surface area contributed by atoms with E-state index in [4.69, 9.17) is 16.0 Å². The van der Waals surface area contributed by atoms with Gasteiger partial charge in [0, 0.05) is 16.5 Å². The van der Waals surface area contributed by atoms with E-state index in [0.717, 1.165) is 25.9 Å². The lowest BCUT2D eigenvalue weighted by atomic mass is 9.98. The highest BCUT2D eigenvalue weighted by molar-refractivity contribution is 7.99. The normalized spacial score (nSPS) is 15.2. The fraction of sp³-hybridized carbons (Fsp3) is 0.400. The van der Waals surface area contributed by atoms with Gasteiger partial charge in [-0.05, 0) is 50.2 Å². The Bertz CT molecular complexity index is 642. The molecule has 0 radical (unpaired) electrons. The van der Waals surface area contributed by atoms with Gasteiger partial charge in [0.05, 0.1) is 5.75 Å². The quantitative estimate of drug-likeness (QED) is 0.637. The van der Waals surface area contributed by atoms with Crippen LogP contribution in [0.2, 0.25) is 5.02 Å². The largest absolute Gasteiger partial charge is 0.416 e. The van der Waals surface area contributed by atoms with Crippen molar-refractivity contribution in [2.24, 2.45) is 0 Å². The van der Waals surface area contributed by atoms with Crippen LogP contribution in [-0.2, 0) is 0 Å². The van der Waals surface area contributed by atoms with Gasteiger partial charge in [-0.2, -0.15) is 0 Å². The van der Waals surface area contributed by atoms with Crippen molar-refractivity contribution in [1.29, 1.82) is 0 Å². The third kappa shape index (κ3) is 4.94. The van der Waals surface area contributed by atoms with E-state index in [2.05, 4.69) is 15.5 Å². The van der Waals surface area contributed by atoms with Gasteiger partial charge in [-0.15, -0.1) is 22.6 Å². The predicted octanol–water partition coefficient (Wildman–Crippen LogP) is 3.59. The summed E-state index contributed by atoms with van der Waals surface area (Å²) in [5, 5.41) is 12.5. The van der Waals surface area contributed by atoms with Crippen LogP contribution in [-0.4, -0.2) is 34.8 Å². The van der Waals surface area contributed by atoms with Crippen LogP contribution in [0.1, 0.15) is 35.0 Å². The maximum Gasteiger partial charge on any atom is 0.277 e. The first-order chi connectivity index (χ1) is 10.7. The van der Waals surface area contributed by atoms with E-state index in [0.29, 0.717) is 27.6 Å². The Morgan fingerprint density at radius 3 is 2.65 bits per heavy atom. The van der Waals surface area contributed by atoms with Crippen molar-refractivity contribution in [3.05, 3.63) is 40.7 Å². The summed E-state index contributed by atoms with van der Waals surface area (Å²) >= 11 is 7.09. The maximum atomic E-state index is 12.1. The fourth-order valence-electron chi connectivity index (χ4n) is 2.36. The molecule has 1 N–H and O–H groups in total. The Kier molecular flexibility index (Phi) is 6.89. The van der Waals surface area contributed by atoms with Crippen molar-refractivity contribution in [3.63, 3.8) is 0 Å². The first-order valence-corrected chi connectivity index (χ1v) is 8.54. The lowest BCUT2D eigenvalue weighted by molar-refractivity contribution is 0.102. The number of piperidine rings is 1. The molecule has 1 aromatic heterocycles. The Hall–Kier alpha value is -1.08. The maximum absolute atomic E-state index is 12.1. The number of aromatic nitrogens is 2. The van der Waals surface area contributed by atoms with E-state index in [9.17, 15) is 4.79 Å². The van der Waals surface area contributed by atoms with Crippen molar-refractivity contribution in [2.45, 2.75) is 24.0 Å². The van der Waals surface area contributed by atoms with E-state index < -0.39 is 0 Å². The molecule has 1 fully saturated rings. The third-order valence-electron chi connectivity index (χ3n) is 3.60. The number of rotatable bonds is 5. The molecule has 1 aromatic carbocycles. The number of Topliss-reactive ketones (excluding diaryl/α,β-unsaturated/α-hetero) is 1. The summed E-state index contributed by atoms with van der Waals surface area (Å²) in [5.74, 6) is 1.30. The summed E-state index contributed by atoms with van der Waals surface area (Å²) in [6.45, 7) is 1.95. The van der Waals surface area contributed by atoms with Crippen molar-refractivity contribution in [3.8, 4) is 0 Å². The highest BCUT2D eigenvalue weighted by atomic mass is 35.5. The van der Waals surface area contributed by atoms with Gasteiger partial charge in [0.1, 0.15) is 0 Å². The molecular weight excluding hydrogens is 357 g/mol. The van der Waals surface area contributed by atoms with Crippen LogP contribution < -0.4 is 5.32 Å². The summed E-state index contributed by atoms with van der Waals surface area (Å²) in [5.41, 5.74) is 0.634. The second kappa shape index (κ2) is 8.68. The molecular formula is C15H17Cl2N3O2S. The molecule has 0 unspecified atom stereocenters. The number of nitrogens with one attached hydrogen (secondary N) is 1. The Labute approximate surface area is 150 Å². The van der Waals surface area contributed by atoms with Gasteiger partial charge >= 0.3 is 0 Å². The number of halogens is 2. The van der Waals surface area contributed by atoms with Crippen molar-refractivity contribution in [2.75, 3.05) is 18.8 Å². The zero-order valence-corrected chi connectivity index (χ0v) is 14.7. The van der Waals surface area contributed by atoms with Crippen LogP contribution in [0.25, 0.3) is 0 Å². The summed E-state index contributed by atoms with van der Waals surface area (Å²) in [6.07, 6.45) is 2.02. The zero-order valence-electron chi connectivity index (χ0n) is 12.3. The third-order valence-corrected chi connectivity index (χ3v) is 4.67. The second-order valence-corrected chi connectivity index (χ2v) is 6.51. The standard InChI is InChI=1S/C15H16ClN3O2S.ClH/c16-12-3-1-10(2-4-12)13(20)9-22-15-19-18-14(21-15)11-5-7-17-8-6-11;/h1-4,11,17H,5-9H2;1H. The molecule has 124 valence electrons. The molecule has 5 nitrogen and oxygen atoms in total. The number of ketones is 1. The smallest absolute Gasteiger partial charge is 0.277 e. The molecule has 0 spiro atoms. The van der Waals surface area contributed by atoms with Crippen LogP contribution in [0.3, 0.4) is 0 Å². The number of hydrogen-bond donors (Lipinski definition) is 1. The van der Waals surface area contributed by atoms with Gasteiger partial charge in [-0.25, -0.2) is 0 Å². The molecule has 8 heteroatoms. The number of thioether (sulfide) groups is 1. The SMILES string of the molecule is Cl.O=C(CSc1nnc(C2CCNCC2)o1)c1ccc(Cl)cc1. The van der Waals surface area contributed by atoms with Crippen LogP contribution >= 0.6 is 35.8 Å². The molecule has 1 aliphatic rings. The average molecular weight is 374 g/mol. The molecule has 0 aliphatic carbocycles. The molecule has 0 atom stereocenters. The van der Waals surface area contributed by atoms with Crippen LogP contribution in [0, 0.1) is 0 Å². The molecule has 2 heterocycles. The van der Waals surface area contributed by atoms with Crippen molar-refractivity contribution >= 4 is 41.6 Å². The minimum atomic E-state index is 0. The fourth-order valence-corrected chi connectivity index (χ4v) is 3.15. The molecule has 1 aliphatic heterocycles. The lowest BCUT2D eigenvalue weighted by Gasteiger charge is -2.18. The van der Waals surface area contributed by atoms with E-state index in [-0.39, 0.29) is 23.9 Å². The minimum Gasteiger partial charge on any atom is -0.416 e. The van der Waals surface area contributed by atoms with Crippen molar-refractivity contribution in [1.82, 2.24) is 15.5 Å². The van der Waals surface area contributed by atoms with Gasteiger partial charge in [0.15, 0.2) is 5.78 Å². The van der Waals surface area contributed by atoms with E-state index in [1.807, 2.05) is 0 Å². The summed E-state index contributed by atoms with van der Waals surface area (Å²) in [6, 6.07) is 6.86. The molecule has 23 heavy (non-hydrogen) atoms. The molecule has 0 amide bonds. The number of carbonyl (C=O) groups excluding carboxylic acids is 1. The summed E-state index contributed by atoms with van der Waals surface area (Å²) in [4.78, 5) is 12.1. The van der Waals surface area contributed by atoms with E-state index in [1.165, 1.54) is 11.8 Å². The van der Waals surface area contributed by atoms with E-state index in [1.54, 1.807) is 24.3 Å². The van der Waals surface area contributed by atoms with Gasteiger partial charge in [0.25, 0.3) is 5.22 Å². The number of hydrogen-bond acceptors (Lipinski definition) is 6. The van der Waals surface area contributed by atoms with Crippen LogP contribution in [0.5, 0.6) is 0 Å². The molecule has 0 bridgehead atoms. The molecule has 0 saturated carbocycles. The Morgan fingerprint density at radius 2 is 1.96 bits per heavy atom. The zero-order chi connectivity index (χ0) is 15.4. The van der Waals surface area contributed by atoms with Gasteiger partial charge in [-0.3, -0.25) is 4.79 Å². The topological polar surface area (TPSA) is 68.0 Å². The van der Waals surface area contributed by atoms with Crippen LogP contribution in [0.4, 0.5) is 0 Å². The molecule has 3 rings (SSSR count). The highest BCUT2D eigenvalue weighted by Gasteiger charge is 2.21. The van der Waals surface area contributed by atoms with E-state index >= 15 is 0 Å². The Morgan fingerprint density at radius 1 is 1.26 bits per heavy atom. The molecule has 1 saturated heterocycles. The monoisotopic (exact) mass is 373 g/mol. The lowest BCUT2D eigenvalue weighted by Crippen LogP contribution is -2.26. The van der Waals surface area contributed by atoms with Gasteiger partial charge < -0.3 is 9.73 Å². The second-order valence-electron chi connectivity index (χ2n) is 5.15. The highest BCUT2D eigenvalue weighted by Crippen LogP contribution is 2.27. The predicted molar refractivity (Wildman–Crippen MR) is 92.9 cm³/mol. The van der Waals surface area contributed by atoms with Crippen LogP contribution in [0.15, 0.2) is 33.9 Å². The molecule has 2 aromatic rings. The Balaban J connectivity index is 0.00000192. The average Bonchev–Trinajstić information content (AvgIpc) is 3.03. The first kappa shape index (κ1) is 18.3. The number of carbonyl (C=O) groups is 1. The minimum absolute atomic E-state index is 0. The van der Waals surface area contributed by atoms with Gasteiger partial charge in [0.2, 0.25) is 5.89 Å². The summed E-state index contributed by atoms with van der Waals surface area (Å²) in [7, 11) is 0. The number of nitrogens with zero attached hydrogens (tertiary/aromatic N) is 2.